The molecular weight excluding hydrogens is 262 g/mol. The fraction of sp³-hybridized carbons (Fsp3) is 0.429. The summed E-state index contributed by atoms with van der Waals surface area (Å²) in [7, 11) is 1.98. The Morgan fingerprint density at radius 3 is 2.79 bits per heavy atom. The molecule has 5 heteroatoms. The summed E-state index contributed by atoms with van der Waals surface area (Å²) in [5.41, 5.74) is 0. The molecule has 0 radical (unpaired) electrons. The second-order valence-corrected chi connectivity index (χ2v) is 5.44. The number of hydrogen-bond acceptors (Lipinski definition) is 4. The SMILES string of the molecule is Cc1ccc(CN(C)c2cc(Cl)nc(C3CC3)n2)o1. The van der Waals surface area contributed by atoms with E-state index in [0.29, 0.717) is 17.6 Å². The average Bonchev–Trinajstić information content (AvgIpc) is 3.13. The second-order valence-electron chi connectivity index (χ2n) is 5.05. The highest BCUT2D eigenvalue weighted by Gasteiger charge is 2.27. The van der Waals surface area contributed by atoms with E-state index in [1.807, 2.05) is 31.0 Å². The lowest BCUT2D eigenvalue weighted by Crippen LogP contribution is -2.18. The van der Waals surface area contributed by atoms with Gasteiger partial charge in [-0.05, 0) is 31.9 Å². The van der Waals surface area contributed by atoms with Crippen molar-refractivity contribution in [2.75, 3.05) is 11.9 Å². The summed E-state index contributed by atoms with van der Waals surface area (Å²) in [4.78, 5) is 10.9. The third kappa shape index (κ3) is 2.89. The molecule has 2 aromatic rings. The fourth-order valence-corrected chi connectivity index (χ4v) is 2.21. The predicted molar refractivity (Wildman–Crippen MR) is 74.6 cm³/mol. The van der Waals surface area contributed by atoms with Crippen LogP contribution in [0.5, 0.6) is 0 Å². The van der Waals surface area contributed by atoms with Crippen LogP contribution in [0.2, 0.25) is 5.15 Å². The van der Waals surface area contributed by atoms with Crippen molar-refractivity contribution in [3.63, 3.8) is 0 Å². The van der Waals surface area contributed by atoms with Gasteiger partial charge in [-0.3, -0.25) is 0 Å². The van der Waals surface area contributed by atoms with Crippen molar-refractivity contribution in [1.29, 1.82) is 0 Å². The van der Waals surface area contributed by atoms with E-state index in [1.165, 1.54) is 12.8 Å². The second kappa shape index (κ2) is 4.85. The van der Waals surface area contributed by atoms with Crippen molar-refractivity contribution < 1.29 is 4.42 Å². The topological polar surface area (TPSA) is 42.2 Å². The van der Waals surface area contributed by atoms with Gasteiger partial charge in [0.15, 0.2) is 0 Å². The van der Waals surface area contributed by atoms with E-state index in [-0.39, 0.29) is 0 Å². The van der Waals surface area contributed by atoms with E-state index in [9.17, 15) is 0 Å². The molecule has 100 valence electrons. The third-order valence-electron chi connectivity index (χ3n) is 3.22. The first-order valence-electron chi connectivity index (χ1n) is 6.43. The summed E-state index contributed by atoms with van der Waals surface area (Å²) in [5.74, 6) is 4.04. The van der Waals surface area contributed by atoms with E-state index < -0.39 is 0 Å². The van der Waals surface area contributed by atoms with E-state index >= 15 is 0 Å². The molecule has 4 nitrogen and oxygen atoms in total. The van der Waals surface area contributed by atoms with Gasteiger partial charge in [-0.25, -0.2) is 9.97 Å². The number of nitrogens with zero attached hydrogens (tertiary/aromatic N) is 3. The van der Waals surface area contributed by atoms with Gasteiger partial charge in [-0.1, -0.05) is 11.6 Å². The van der Waals surface area contributed by atoms with Crippen LogP contribution < -0.4 is 4.90 Å². The molecule has 2 heterocycles. The summed E-state index contributed by atoms with van der Waals surface area (Å²) in [6.07, 6.45) is 2.34. The van der Waals surface area contributed by atoms with Crippen molar-refractivity contribution in [3.8, 4) is 0 Å². The molecule has 0 aromatic carbocycles. The Morgan fingerprint density at radius 2 is 2.16 bits per heavy atom. The fourth-order valence-electron chi connectivity index (χ4n) is 2.03. The van der Waals surface area contributed by atoms with Crippen LogP contribution in [0.1, 0.15) is 36.1 Å². The Labute approximate surface area is 117 Å². The zero-order valence-corrected chi connectivity index (χ0v) is 11.8. The van der Waals surface area contributed by atoms with Gasteiger partial charge in [0.25, 0.3) is 0 Å². The Morgan fingerprint density at radius 1 is 1.37 bits per heavy atom. The third-order valence-corrected chi connectivity index (χ3v) is 3.41. The summed E-state index contributed by atoms with van der Waals surface area (Å²) in [5, 5.41) is 0.509. The highest BCUT2D eigenvalue weighted by molar-refractivity contribution is 6.29. The van der Waals surface area contributed by atoms with Crippen LogP contribution in [-0.2, 0) is 6.54 Å². The van der Waals surface area contributed by atoms with Crippen LogP contribution in [0, 0.1) is 6.92 Å². The summed E-state index contributed by atoms with van der Waals surface area (Å²) < 4.78 is 5.58. The first-order chi connectivity index (χ1) is 9.11. The first kappa shape index (κ1) is 12.5. The Balaban J connectivity index is 1.80. The Kier molecular flexibility index (Phi) is 3.19. The minimum absolute atomic E-state index is 0.497. The van der Waals surface area contributed by atoms with Crippen LogP contribution in [0.15, 0.2) is 22.6 Å². The van der Waals surface area contributed by atoms with Crippen molar-refractivity contribution in [2.45, 2.75) is 32.2 Å². The molecular formula is C14H16ClN3O. The monoisotopic (exact) mass is 277 g/mol. The number of aryl methyl sites for hydroxylation is 1. The minimum atomic E-state index is 0.497. The maximum atomic E-state index is 6.07. The number of hydrogen-bond donors (Lipinski definition) is 0. The standard InChI is InChI=1S/C14H16ClN3O/c1-9-3-6-11(19-9)8-18(2)13-7-12(15)16-14(17-13)10-4-5-10/h3,6-7,10H,4-5,8H2,1-2H3. The molecule has 0 aliphatic heterocycles. The van der Waals surface area contributed by atoms with Gasteiger partial charge in [0.1, 0.15) is 28.3 Å². The molecule has 1 fully saturated rings. The van der Waals surface area contributed by atoms with E-state index in [0.717, 1.165) is 23.2 Å². The minimum Gasteiger partial charge on any atom is -0.464 e. The normalized spacial score (nSPS) is 14.7. The van der Waals surface area contributed by atoms with E-state index in [2.05, 4.69) is 9.97 Å². The molecule has 19 heavy (non-hydrogen) atoms. The molecule has 2 aromatic heterocycles. The van der Waals surface area contributed by atoms with Gasteiger partial charge < -0.3 is 9.32 Å². The number of furan rings is 1. The van der Waals surface area contributed by atoms with E-state index in [1.54, 1.807) is 6.07 Å². The van der Waals surface area contributed by atoms with Crippen molar-refractivity contribution in [2.24, 2.45) is 0 Å². The van der Waals surface area contributed by atoms with Gasteiger partial charge in [0, 0.05) is 19.0 Å². The molecule has 1 aliphatic carbocycles. The lowest BCUT2D eigenvalue weighted by Gasteiger charge is -2.17. The molecule has 0 bridgehead atoms. The molecule has 0 saturated heterocycles. The lowest BCUT2D eigenvalue weighted by atomic mass is 10.3. The summed E-state index contributed by atoms with van der Waals surface area (Å²) >= 11 is 6.07. The maximum Gasteiger partial charge on any atom is 0.135 e. The first-order valence-corrected chi connectivity index (χ1v) is 6.80. The van der Waals surface area contributed by atoms with Gasteiger partial charge in [0.2, 0.25) is 0 Å². The smallest absolute Gasteiger partial charge is 0.135 e. The lowest BCUT2D eigenvalue weighted by molar-refractivity contribution is 0.481. The maximum absolute atomic E-state index is 6.07. The molecule has 0 spiro atoms. The number of anilines is 1. The Bertz CT molecular complexity index is 592. The van der Waals surface area contributed by atoms with Crippen molar-refractivity contribution in [3.05, 3.63) is 40.7 Å². The molecule has 1 aliphatic rings. The van der Waals surface area contributed by atoms with Crippen LogP contribution in [0.3, 0.4) is 0 Å². The highest BCUT2D eigenvalue weighted by atomic mass is 35.5. The number of aromatic nitrogens is 2. The summed E-state index contributed by atoms with van der Waals surface area (Å²) in [6, 6.07) is 5.74. The number of rotatable bonds is 4. The molecule has 0 N–H and O–H groups in total. The highest BCUT2D eigenvalue weighted by Crippen LogP contribution is 2.39. The number of halogens is 1. The van der Waals surface area contributed by atoms with Crippen LogP contribution in [0.4, 0.5) is 5.82 Å². The molecule has 0 amide bonds. The zero-order valence-electron chi connectivity index (χ0n) is 11.1. The van der Waals surface area contributed by atoms with E-state index in [4.69, 9.17) is 16.0 Å². The molecule has 0 unspecified atom stereocenters. The average molecular weight is 278 g/mol. The Hall–Kier alpha value is -1.55. The van der Waals surface area contributed by atoms with Crippen LogP contribution in [0.25, 0.3) is 0 Å². The van der Waals surface area contributed by atoms with Gasteiger partial charge in [-0.2, -0.15) is 0 Å². The van der Waals surface area contributed by atoms with Gasteiger partial charge in [0.05, 0.1) is 6.54 Å². The van der Waals surface area contributed by atoms with Gasteiger partial charge in [-0.15, -0.1) is 0 Å². The van der Waals surface area contributed by atoms with Crippen molar-refractivity contribution in [1.82, 2.24) is 9.97 Å². The molecule has 3 rings (SSSR count). The van der Waals surface area contributed by atoms with Gasteiger partial charge >= 0.3 is 0 Å². The van der Waals surface area contributed by atoms with Crippen LogP contribution >= 0.6 is 11.6 Å². The largest absolute Gasteiger partial charge is 0.464 e. The zero-order chi connectivity index (χ0) is 13.4. The van der Waals surface area contributed by atoms with Crippen molar-refractivity contribution >= 4 is 17.4 Å². The molecule has 1 saturated carbocycles. The molecule has 0 atom stereocenters. The quantitative estimate of drug-likeness (QED) is 0.802. The predicted octanol–water partition coefficient (Wildman–Crippen LogP) is 3.55. The van der Waals surface area contributed by atoms with Crippen LogP contribution in [-0.4, -0.2) is 17.0 Å². The summed E-state index contributed by atoms with van der Waals surface area (Å²) in [6.45, 7) is 2.61.